The maximum atomic E-state index is 10.3. The average Bonchev–Trinajstić information content (AvgIpc) is 3.25. The van der Waals surface area contributed by atoms with Crippen LogP contribution in [0.2, 0.25) is 0 Å². The van der Waals surface area contributed by atoms with Crippen molar-refractivity contribution in [2.45, 2.75) is 24.5 Å². The Bertz CT molecular complexity index is 1450. The minimum absolute atomic E-state index is 0.00803. The number of aliphatic hydroxyl groups is 2. The minimum Gasteiger partial charge on any atom is -0.508 e. The van der Waals surface area contributed by atoms with E-state index in [2.05, 4.69) is 0 Å². The lowest BCUT2D eigenvalue weighted by molar-refractivity contribution is 0.213. The number of phenols is 3. The number of ether oxygens (including phenoxy) is 3. The van der Waals surface area contributed by atoms with Gasteiger partial charge in [-0.25, -0.2) is 0 Å². The summed E-state index contributed by atoms with van der Waals surface area (Å²) in [6.07, 6.45) is 5.70. The van der Waals surface area contributed by atoms with Gasteiger partial charge in [0.25, 0.3) is 0 Å². The molecule has 0 unspecified atom stereocenters. The van der Waals surface area contributed by atoms with E-state index in [-0.39, 0.29) is 28.8 Å². The normalized spacial score (nSPS) is 20.4. The van der Waals surface area contributed by atoms with Gasteiger partial charge >= 0.3 is 0 Å². The largest absolute Gasteiger partial charge is 0.508 e. The van der Waals surface area contributed by atoms with E-state index in [1.807, 2.05) is 24.3 Å². The molecule has 5 rings (SSSR count). The molecule has 5 N–H and O–H groups in total. The van der Waals surface area contributed by atoms with E-state index in [0.29, 0.717) is 29.0 Å². The second-order valence-electron chi connectivity index (χ2n) is 9.29. The van der Waals surface area contributed by atoms with E-state index < -0.39 is 18.1 Å². The summed E-state index contributed by atoms with van der Waals surface area (Å²) < 4.78 is 17.4. The van der Waals surface area contributed by atoms with Crippen molar-refractivity contribution in [3.8, 4) is 34.5 Å². The summed E-state index contributed by atoms with van der Waals surface area (Å²) in [5.41, 5.74) is 3.65. The Labute approximate surface area is 219 Å². The zero-order valence-corrected chi connectivity index (χ0v) is 20.8. The van der Waals surface area contributed by atoms with Gasteiger partial charge in [0, 0.05) is 18.1 Å². The van der Waals surface area contributed by atoms with Crippen LogP contribution in [-0.2, 0) is 0 Å². The molecule has 38 heavy (non-hydrogen) atoms. The van der Waals surface area contributed by atoms with Gasteiger partial charge in [-0.1, -0.05) is 18.2 Å². The number of aromatic hydroxyl groups is 3. The highest BCUT2D eigenvalue weighted by molar-refractivity contribution is 5.65. The van der Waals surface area contributed by atoms with Gasteiger partial charge in [0.15, 0.2) is 23.0 Å². The highest BCUT2D eigenvalue weighted by Crippen LogP contribution is 2.54. The second kappa shape index (κ2) is 10.1. The number of hydrogen-bond donors (Lipinski definition) is 5. The molecule has 0 bridgehead atoms. The SMILES string of the molecule is COc1cc([C@@H]2Oc3c(OC)cc(/C=C/C4=CC(O)=C[C@H](O)C4)cc3[C@H]2c2cc(O)cc(O)c2)ccc1O. The van der Waals surface area contributed by atoms with E-state index in [0.717, 1.165) is 16.7 Å². The molecule has 3 atom stereocenters. The first kappa shape index (κ1) is 25.1. The van der Waals surface area contributed by atoms with Gasteiger partial charge in [0.1, 0.15) is 23.4 Å². The molecule has 0 fully saturated rings. The number of hydrogen-bond acceptors (Lipinski definition) is 8. The summed E-state index contributed by atoms with van der Waals surface area (Å²) in [6.45, 7) is 0. The highest BCUT2D eigenvalue weighted by Gasteiger charge is 2.39. The lowest BCUT2D eigenvalue weighted by Gasteiger charge is -2.21. The van der Waals surface area contributed by atoms with Crippen LogP contribution in [0, 0.1) is 0 Å². The Morgan fingerprint density at radius 3 is 2.26 bits per heavy atom. The lowest BCUT2D eigenvalue weighted by Crippen LogP contribution is -2.11. The molecule has 3 aromatic rings. The molecule has 0 spiro atoms. The maximum Gasteiger partial charge on any atom is 0.166 e. The van der Waals surface area contributed by atoms with Gasteiger partial charge in [-0.15, -0.1) is 0 Å². The molecule has 2 aliphatic rings. The standard InChI is InChI=1S/C30H28O8/c1-36-26-13-18(5-6-25(26)35)29-28(19-11-22(33)15-23(34)12-19)24-9-17(10-27(37-2)30(24)38-29)4-3-16-7-20(31)14-21(32)8-16/h3-7,9-15,21,28-29,31-35H,8H2,1-2H3/b4-3+/t21-,28-,29+/m1/s1. The van der Waals surface area contributed by atoms with Crippen LogP contribution in [0.3, 0.4) is 0 Å². The molecule has 0 radical (unpaired) electrons. The van der Waals surface area contributed by atoms with Crippen LogP contribution < -0.4 is 14.2 Å². The van der Waals surface area contributed by atoms with Crippen molar-refractivity contribution in [2.75, 3.05) is 14.2 Å². The van der Waals surface area contributed by atoms with Crippen LogP contribution in [-0.4, -0.2) is 45.9 Å². The van der Waals surface area contributed by atoms with Crippen molar-refractivity contribution < 1.29 is 39.7 Å². The number of rotatable bonds is 6. The zero-order valence-electron chi connectivity index (χ0n) is 20.8. The monoisotopic (exact) mass is 516 g/mol. The third-order valence-corrected chi connectivity index (χ3v) is 6.66. The van der Waals surface area contributed by atoms with Crippen molar-refractivity contribution in [3.63, 3.8) is 0 Å². The van der Waals surface area contributed by atoms with Gasteiger partial charge in [0.05, 0.1) is 26.2 Å². The average molecular weight is 517 g/mol. The zero-order chi connectivity index (χ0) is 27.0. The van der Waals surface area contributed by atoms with Crippen molar-refractivity contribution >= 4 is 6.08 Å². The van der Waals surface area contributed by atoms with Gasteiger partial charge in [-0.2, -0.15) is 0 Å². The van der Waals surface area contributed by atoms with E-state index in [9.17, 15) is 25.5 Å². The molecule has 1 aliphatic carbocycles. The Balaban J connectivity index is 1.63. The number of fused-ring (bicyclic) bond motifs is 1. The highest BCUT2D eigenvalue weighted by atomic mass is 16.5. The summed E-state index contributed by atoms with van der Waals surface area (Å²) in [4.78, 5) is 0. The molecule has 8 heteroatoms. The second-order valence-corrected chi connectivity index (χ2v) is 9.29. The first-order valence-corrected chi connectivity index (χ1v) is 12.0. The smallest absolute Gasteiger partial charge is 0.166 e. The van der Waals surface area contributed by atoms with Crippen molar-refractivity contribution in [1.82, 2.24) is 0 Å². The first-order chi connectivity index (χ1) is 18.2. The fraction of sp³-hybridized carbons (Fsp3) is 0.200. The molecular formula is C30H28O8. The van der Waals surface area contributed by atoms with Crippen LogP contribution in [0.25, 0.3) is 6.08 Å². The van der Waals surface area contributed by atoms with Crippen molar-refractivity contribution in [1.29, 1.82) is 0 Å². The Kier molecular flexibility index (Phi) is 6.65. The number of allylic oxidation sites excluding steroid dienone is 2. The molecule has 0 saturated heterocycles. The van der Waals surface area contributed by atoms with E-state index in [1.165, 1.54) is 25.3 Å². The fourth-order valence-corrected chi connectivity index (χ4v) is 5.01. The third kappa shape index (κ3) is 4.86. The molecule has 0 aromatic heterocycles. The fourth-order valence-electron chi connectivity index (χ4n) is 5.01. The Morgan fingerprint density at radius 1 is 0.842 bits per heavy atom. The van der Waals surface area contributed by atoms with Crippen LogP contribution >= 0.6 is 0 Å². The Hall–Kier alpha value is -4.56. The van der Waals surface area contributed by atoms with E-state index >= 15 is 0 Å². The molecule has 8 nitrogen and oxygen atoms in total. The first-order valence-electron chi connectivity index (χ1n) is 12.0. The summed E-state index contributed by atoms with van der Waals surface area (Å²) in [5, 5.41) is 50.4. The third-order valence-electron chi connectivity index (χ3n) is 6.66. The van der Waals surface area contributed by atoms with Crippen molar-refractivity contribution in [2.24, 2.45) is 0 Å². The number of aliphatic hydroxyl groups excluding tert-OH is 2. The number of methoxy groups -OCH3 is 2. The van der Waals surface area contributed by atoms with Gasteiger partial charge < -0.3 is 39.7 Å². The molecule has 3 aromatic carbocycles. The molecular weight excluding hydrogens is 488 g/mol. The van der Waals surface area contributed by atoms with Gasteiger partial charge in [0.2, 0.25) is 0 Å². The molecule has 196 valence electrons. The van der Waals surface area contributed by atoms with Crippen LogP contribution in [0.15, 0.2) is 78.1 Å². The summed E-state index contributed by atoms with van der Waals surface area (Å²) in [7, 11) is 3.01. The van der Waals surface area contributed by atoms with Crippen LogP contribution in [0.1, 0.15) is 40.7 Å². The lowest BCUT2D eigenvalue weighted by atomic mass is 9.84. The molecule has 0 saturated carbocycles. The summed E-state index contributed by atoms with van der Waals surface area (Å²) in [5.74, 6) is 0.666. The maximum absolute atomic E-state index is 10.3. The van der Waals surface area contributed by atoms with E-state index in [1.54, 1.807) is 37.5 Å². The summed E-state index contributed by atoms with van der Waals surface area (Å²) >= 11 is 0. The molecule has 1 aliphatic heterocycles. The molecule has 1 heterocycles. The predicted octanol–water partition coefficient (Wildman–Crippen LogP) is 5.23. The summed E-state index contributed by atoms with van der Waals surface area (Å²) in [6, 6.07) is 13.1. The quantitative estimate of drug-likeness (QED) is 0.301. The predicted molar refractivity (Wildman–Crippen MR) is 141 cm³/mol. The Morgan fingerprint density at radius 2 is 1.58 bits per heavy atom. The van der Waals surface area contributed by atoms with Crippen LogP contribution in [0.5, 0.6) is 34.5 Å². The molecule has 0 amide bonds. The van der Waals surface area contributed by atoms with Crippen LogP contribution in [0.4, 0.5) is 0 Å². The van der Waals surface area contributed by atoms with Crippen molar-refractivity contribution in [3.05, 3.63) is 100 Å². The minimum atomic E-state index is -0.756. The van der Waals surface area contributed by atoms with Gasteiger partial charge in [-0.3, -0.25) is 0 Å². The number of phenolic OH excluding ortho intramolecular Hbond substituents is 3. The topological polar surface area (TPSA) is 129 Å². The van der Waals surface area contributed by atoms with Gasteiger partial charge in [-0.05, 0) is 70.8 Å². The van der Waals surface area contributed by atoms with E-state index in [4.69, 9.17) is 14.2 Å². The number of benzene rings is 3.